The topological polar surface area (TPSA) is 108 Å². The molecule has 0 aliphatic carbocycles. The molecule has 1 amide bonds. The van der Waals surface area contributed by atoms with Crippen LogP contribution in [0.4, 0.5) is 0 Å². The highest BCUT2D eigenvalue weighted by Crippen LogP contribution is 2.19. The van der Waals surface area contributed by atoms with Crippen molar-refractivity contribution >= 4 is 16.9 Å². The van der Waals surface area contributed by atoms with Gasteiger partial charge in [-0.1, -0.05) is 12.1 Å². The first kappa shape index (κ1) is 18.3. The summed E-state index contributed by atoms with van der Waals surface area (Å²) in [7, 11) is 0. The summed E-state index contributed by atoms with van der Waals surface area (Å²) >= 11 is 0. The van der Waals surface area contributed by atoms with Gasteiger partial charge in [-0.15, -0.1) is 0 Å². The highest BCUT2D eigenvalue weighted by Gasteiger charge is 2.29. The molecule has 1 saturated heterocycles. The number of aromatic nitrogens is 2. The maximum absolute atomic E-state index is 12.1. The average molecular weight is 359 g/mol. The van der Waals surface area contributed by atoms with Crippen molar-refractivity contribution in [1.29, 1.82) is 0 Å². The van der Waals surface area contributed by atoms with Crippen molar-refractivity contribution in [1.82, 2.24) is 25.7 Å². The zero-order chi connectivity index (χ0) is 18.7. The fraction of sp³-hybridized carbons (Fsp3) is 0.500. The second-order valence-corrected chi connectivity index (χ2v) is 6.85. The van der Waals surface area contributed by atoms with E-state index in [4.69, 9.17) is 0 Å². The van der Waals surface area contributed by atoms with Crippen molar-refractivity contribution in [2.75, 3.05) is 6.54 Å². The van der Waals surface area contributed by atoms with Gasteiger partial charge in [0, 0.05) is 31.6 Å². The molecule has 3 rings (SSSR count). The highest BCUT2D eigenvalue weighted by molar-refractivity contribution is 5.76. The van der Waals surface area contributed by atoms with Crippen LogP contribution in [0.15, 0.2) is 33.9 Å². The molecule has 0 saturated carbocycles. The van der Waals surface area contributed by atoms with Crippen LogP contribution >= 0.6 is 0 Å². The lowest BCUT2D eigenvalue weighted by Crippen LogP contribution is -2.39. The van der Waals surface area contributed by atoms with Crippen molar-refractivity contribution < 1.29 is 4.79 Å². The third-order valence-electron chi connectivity index (χ3n) is 5.07. The first-order valence-corrected chi connectivity index (χ1v) is 8.97. The molecule has 4 N–H and O–H groups in total. The summed E-state index contributed by atoms with van der Waals surface area (Å²) in [5, 5.41) is 2.84. The molecular weight excluding hydrogens is 334 g/mol. The van der Waals surface area contributed by atoms with E-state index in [1.54, 1.807) is 24.3 Å². The Hall–Kier alpha value is -2.45. The van der Waals surface area contributed by atoms with Crippen LogP contribution in [0.3, 0.4) is 0 Å². The van der Waals surface area contributed by atoms with E-state index in [-0.39, 0.29) is 12.5 Å². The average Bonchev–Trinajstić information content (AvgIpc) is 2.94. The van der Waals surface area contributed by atoms with Gasteiger partial charge in [0.15, 0.2) is 0 Å². The third-order valence-corrected chi connectivity index (χ3v) is 5.07. The standard InChI is InChI=1S/C18H25N5O3/c1-11-13(12(2)22-21-11)7-8-16(24)19-9-10-23-15-6-4-3-5-14(15)20-17(25)18(23)26/h3-6,11-13,21-22H,7-10H2,1-2H3,(H,19,24)(H,20,25). The van der Waals surface area contributed by atoms with E-state index in [1.807, 2.05) is 0 Å². The van der Waals surface area contributed by atoms with Crippen molar-refractivity contribution in [2.24, 2.45) is 5.92 Å². The quantitative estimate of drug-likeness (QED) is 0.547. The van der Waals surface area contributed by atoms with Gasteiger partial charge < -0.3 is 14.9 Å². The van der Waals surface area contributed by atoms with Crippen LogP contribution in [-0.4, -0.2) is 34.1 Å². The molecule has 140 valence electrons. The Labute approximate surface area is 151 Å². The number of aromatic amines is 1. The molecular formula is C18H25N5O3. The maximum Gasteiger partial charge on any atom is 0.316 e. The number of H-pyrrole nitrogens is 1. The highest BCUT2D eigenvalue weighted by atomic mass is 16.2. The first-order valence-electron chi connectivity index (χ1n) is 8.97. The number of hydrogen-bond donors (Lipinski definition) is 4. The van der Waals surface area contributed by atoms with Gasteiger partial charge in [0.05, 0.1) is 11.0 Å². The number of benzene rings is 1. The van der Waals surface area contributed by atoms with Crippen molar-refractivity contribution in [2.45, 2.75) is 45.3 Å². The molecule has 1 aromatic heterocycles. The van der Waals surface area contributed by atoms with E-state index in [0.29, 0.717) is 42.0 Å². The number of carbonyl (C=O) groups is 1. The fourth-order valence-electron chi connectivity index (χ4n) is 3.55. The molecule has 1 aliphatic rings. The molecule has 8 heteroatoms. The molecule has 2 heterocycles. The summed E-state index contributed by atoms with van der Waals surface area (Å²) in [6.07, 6.45) is 1.23. The Morgan fingerprint density at radius 3 is 2.58 bits per heavy atom. The van der Waals surface area contributed by atoms with Gasteiger partial charge in [-0.3, -0.25) is 25.2 Å². The van der Waals surface area contributed by atoms with E-state index in [9.17, 15) is 14.4 Å². The minimum absolute atomic E-state index is 0.0431. The second-order valence-electron chi connectivity index (χ2n) is 6.85. The molecule has 8 nitrogen and oxygen atoms in total. The van der Waals surface area contributed by atoms with Crippen molar-refractivity contribution in [3.8, 4) is 0 Å². The third kappa shape index (κ3) is 3.86. The zero-order valence-electron chi connectivity index (χ0n) is 15.0. The second kappa shape index (κ2) is 7.84. The van der Waals surface area contributed by atoms with Crippen LogP contribution in [0.5, 0.6) is 0 Å². The van der Waals surface area contributed by atoms with Crippen LogP contribution in [0, 0.1) is 5.92 Å². The number of amides is 1. The number of rotatable bonds is 6. The first-order chi connectivity index (χ1) is 12.5. The summed E-state index contributed by atoms with van der Waals surface area (Å²) in [6.45, 7) is 4.76. The molecule has 26 heavy (non-hydrogen) atoms. The number of hydrazine groups is 1. The van der Waals surface area contributed by atoms with Gasteiger partial charge in [0.1, 0.15) is 0 Å². The molecule has 1 fully saturated rings. The van der Waals surface area contributed by atoms with Crippen LogP contribution in [0.25, 0.3) is 11.0 Å². The van der Waals surface area contributed by atoms with E-state index in [0.717, 1.165) is 6.42 Å². The zero-order valence-corrected chi connectivity index (χ0v) is 15.0. The molecule has 1 aromatic carbocycles. The van der Waals surface area contributed by atoms with Crippen LogP contribution in [-0.2, 0) is 11.3 Å². The molecule has 0 bridgehead atoms. The van der Waals surface area contributed by atoms with E-state index in [1.165, 1.54) is 4.57 Å². The molecule has 1 aliphatic heterocycles. The lowest BCUT2D eigenvalue weighted by molar-refractivity contribution is -0.121. The Bertz CT molecular complexity index is 894. The Morgan fingerprint density at radius 2 is 1.85 bits per heavy atom. The lowest BCUT2D eigenvalue weighted by atomic mass is 9.91. The van der Waals surface area contributed by atoms with Gasteiger partial charge in [-0.05, 0) is 38.3 Å². The summed E-state index contributed by atoms with van der Waals surface area (Å²) in [5.41, 5.74) is 6.36. The van der Waals surface area contributed by atoms with Crippen LogP contribution in [0.1, 0.15) is 26.7 Å². The smallest absolute Gasteiger partial charge is 0.316 e. The summed E-state index contributed by atoms with van der Waals surface area (Å²) < 4.78 is 1.41. The molecule has 2 unspecified atom stereocenters. The number of fused-ring (bicyclic) bond motifs is 1. The normalized spacial score (nSPS) is 22.6. The van der Waals surface area contributed by atoms with Crippen LogP contribution in [0.2, 0.25) is 0 Å². The number of hydrogen-bond acceptors (Lipinski definition) is 5. The number of nitrogens with one attached hydrogen (secondary N) is 4. The van der Waals surface area contributed by atoms with Gasteiger partial charge in [-0.2, -0.15) is 0 Å². The van der Waals surface area contributed by atoms with E-state index < -0.39 is 11.1 Å². The maximum atomic E-state index is 12.1. The number of carbonyl (C=O) groups excluding carboxylic acids is 1. The predicted molar refractivity (Wildman–Crippen MR) is 99.8 cm³/mol. The SMILES string of the molecule is CC1NNC(C)C1CCC(=O)NCCn1c(=O)c(=O)[nH]c2ccccc21. The Balaban J connectivity index is 1.57. The lowest BCUT2D eigenvalue weighted by Gasteiger charge is -2.17. The minimum Gasteiger partial charge on any atom is -0.354 e. The van der Waals surface area contributed by atoms with Gasteiger partial charge in [0.2, 0.25) is 5.91 Å². The predicted octanol–water partition coefficient (Wildman–Crippen LogP) is 0.0872. The van der Waals surface area contributed by atoms with Gasteiger partial charge in [0.25, 0.3) is 0 Å². The monoisotopic (exact) mass is 359 g/mol. The summed E-state index contributed by atoms with van der Waals surface area (Å²) in [6, 6.07) is 7.79. The molecule has 0 spiro atoms. The Morgan fingerprint density at radius 1 is 1.15 bits per heavy atom. The largest absolute Gasteiger partial charge is 0.354 e. The molecule has 2 aromatic rings. The van der Waals surface area contributed by atoms with E-state index in [2.05, 4.69) is 35.0 Å². The minimum atomic E-state index is -0.653. The molecule has 2 atom stereocenters. The van der Waals surface area contributed by atoms with Crippen molar-refractivity contribution in [3.63, 3.8) is 0 Å². The fourth-order valence-corrected chi connectivity index (χ4v) is 3.55. The summed E-state index contributed by atoms with van der Waals surface area (Å²) in [5.74, 6) is 0.360. The number of nitrogens with zero attached hydrogens (tertiary/aromatic N) is 1. The van der Waals surface area contributed by atoms with Crippen molar-refractivity contribution in [3.05, 3.63) is 45.0 Å². The number of para-hydroxylation sites is 2. The molecule has 0 radical (unpaired) electrons. The van der Waals surface area contributed by atoms with Gasteiger partial charge >= 0.3 is 11.1 Å². The van der Waals surface area contributed by atoms with Gasteiger partial charge in [-0.25, -0.2) is 0 Å². The Kier molecular flexibility index (Phi) is 5.53. The van der Waals surface area contributed by atoms with E-state index >= 15 is 0 Å². The van der Waals surface area contributed by atoms with Crippen LogP contribution < -0.4 is 27.3 Å². The summed E-state index contributed by atoms with van der Waals surface area (Å²) in [4.78, 5) is 38.6.